The highest BCUT2D eigenvalue weighted by Gasteiger charge is 2.29. The van der Waals surface area contributed by atoms with Crippen LogP contribution in [-0.4, -0.2) is 49.2 Å². The van der Waals surface area contributed by atoms with Gasteiger partial charge in [-0.1, -0.05) is 86.1 Å². The van der Waals surface area contributed by atoms with Crippen molar-refractivity contribution in [3.63, 3.8) is 0 Å². The Hall–Kier alpha value is -3.78. The van der Waals surface area contributed by atoms with Crippen LogP contribution in [0.4, 0.5) is 0 Å². The fourth-order valence-electron chi connectivity index (χ4n) is 4.47. The lowest BCUT2D eigenvalue weighted by molar-refractivity contribution is -0.132. The fourth-order valence-corrected chi connectivity index (χ4v) is 5.67. The number of aryl methyl sites for hydroxylation is 1. The number of carbonyl (C=O) groups excluding carboxylic acids is 3. The Balaban J connectivity index is 1.73. The van der Waals surface area contributed by atoms with Crippen molar-refractivity contribution in [1.82, 2.24) is 16.0 Å². The highest BCUT2D eigenvalue weighted by molar-refractivity contribution is 7.99. The maximum absolute atomic E-state index is 13.6. The number of benzene rings is 3. The van der Waals surface area contributed by atoms with Crippen molar-refractivity contribution in [2.75, 3.05) is 14.2 Å². The molecule has 7 nitrogen and oxygen atoms in total. The van der Waals surface area contributed by atoms with Gasteiger partial charge in [-0.2, -0.15) is 0 Å². The van der Waals surface area contributed by atoms with E-state index in [4.69, 9.17) is 4.74 Å². The van der Waals surface area contributed by atoms with E-state index in [2.05, 4.69) is 16.0 Å². The summed E-state index contributed by atoms with van der Waals surface area (Å²) in [6.45, 7) is 2.05. The number of likely N-dealkylation sites (N-methyl/N-ethyl adjacent to an activating group) is 1. The molecule has 0 aliphatic rings. The van der Waals surface area contributed by atoms with Crippen LogP contribution in [0.2, 0.25) is 0 Å². The van der Waals surface area contributed by atoms with Crippen LogP contribution in [0.15, 0.2) is 84.9 Å². The van der Waals surface area contributed by atoms with Gasteiger partial charge in [-0.05, 0) is 48.1 Å². The van der Waals surface area contributed by atoms with E-state index in [1.54, 1.807) is 25.9 Å². The van der Waals surface area contributed by atoms with Crippen LogP contribution < -0.4 is 20.7 Å². The first-order valence-electron chi connectivity index (χ1n) is 14.1. The van der Waals surface area contributed by atoms with Crippen LogP contribution >= 0.6 is 11.8 Å². The third-order valence-corrected chi connectivity index (χ3v) is 8.17. The number of methoxy groups -OCH3 is 1. The molecular weight excluding hydrogens is 534 g/mol. The predicted molar refractivity (Wildman–Crippen MR) is 166 cm³/mol. The third-order valence-electron chi connectivity index (χ3n) is 6.81. The summed E-state index contributed by atoms with van der Waals surface area (Å²) in [5, 5.41) is 8.28. The number of nitrogens with one attached hydrogen (secondary N) is 3. The van der Waals surface area contributed by atoms with Gasteiger partial charge in [-0.15, -0.1) is 11.8 Å². The molecular formula is C33H41N3O4S. The molecule has 0 radical (unpaired) electrons. The average molecular weight is 576 g/mol. The summed E-state index contributed by atoms with van der Waals surface area (Å²) in [4.78, 5) is 39.9. The summed E-state index contributed by atoms with van der Waals surface area (Å²) in [5.41, 5.74) is 3.10. The van der Waals surface area contributed by atoms with Crippen molar-refractivity contribution < 1.29 is 19.1 Å². The molecule has 3 N–H and O–H groups in total. The molecule has 0 saturated carbocycles. The average Bonchev–Trinajstić information content (AvgIpc) is 3.01. The largest absolute Gasteiger partial charge is 0.497 e. The van der Waals surface area contributed by atoms with Gasteiger partial charge in [0.15, 0.2) is 0 Å². The number of rotatable bonds is 16. The van der Waals surface area contributed by atoms with E-state index in [-0.39, 0.29) is 23.0 Å². The van der Waals surface area contributed by atoms with Gasteiger partial charge in [0.1, 0.15) is 17.8 Å². The second kappa shape index (κ2) is 17.1. The molecule has 1 unspecified atom stereocenters. The zero-order valence-electron chi connectivity index (χ0n) is 24.1. The summed E-state index contributed by atoms with van der Waals surface area (Å²) >= 11 is 1.56. The van der Waals surface area contributed by atoms with E-state index < -0.39 is 12.1 Å². The molecule has 3 aromatic rings. The first-order chi connectivity index (χ1) is 19.9. The Kier molecular flexibility index (Phi) is 13.3. The maximum atomic E-state index is 13.6. The maximum Gasteiger partial charge on any atom is 0.243 e. The molecule has 3 aromatic carbocycles. The Labute approximate surface area is 247 Å². The smallest absolute Gasteiger partial charge is 0.243 e. The van der Waals surface area contributed by atoms with Crippen molar-refractivity contribution >= 4 is 29.5 Å². The second-order valence-electron chi connectivity index (χ2n) is 9.89. The van der Waals surface area contributed by atoms with E-state index >= 15 is 0 Å². The van der Waals surface area contributed by atoms with Crippen molar-refractivity contribution in [2.45, 2.75) is 62.1 Å². The summed E-state index contributed by atoms with van der Waals surface area (Å²) < 4.78 is 5.24. The molecule has 0 bridgehead atoms. The van der Waals surface area contributed by atoms with Crippen LogP contribution in [0.5, 0.6) is 5.75 Å². The number of hydrogen-bond acceptors (Lipinski definition) is 5. The molecule has 0 aliphatic carbocycles. The quantitative estimate of drug-likeness (QED) is 0.230. The van der Waals surface area contributed by atoms with Crippen molar-refractivity contribution in [3.05, 3.63) is 102 Å². The lowest BCUT2D eigenvalue weighted by Crippen LogP contribution is -2.55. The van der Waals surface area contributed by atoms with Crippen LogP contribution in [0.25, 0.3) is 0 Å². The molecule has 218 valence electrons. The minimum Gasteiger partial charge on any atom is -0.497 e. The summed E-state index contributed by atoms with van der Waals surface area (Å²) in [5.74, 6) is 0.636. The lowest BCUT2D eigenvalue weighted by Gasteiger charge is -2.25. The lowest BCUT2D eigenvalue weighted by atomic mass is 10.0. The highest BCUT2D eigenvalue weighted by Crippen LogP contribution is 2.24. The Morgan fingerprint density at radius 1 is 0.732 bits per heavy atom. The van der Waals surface area contributed by atoms with E-state index in [9.17, 15) is 14.4 Å². The molecule has 0 spiro atoms. The normalized spacial score (nSPS) is 13.0. The molecule has 0 heterocycles. The van der Waals surface area contributed by atoms with Gasteiger partial charge in [0, 0.05) is 19.2 Å². The SMILES string of the molecule is CCCC(SCc1ccc(OC)cc1)C(=O)N[C@@H](CCc1ccccc1)C(=O)N[C@@H](Cc1ccccc1)C(=O)NC. The van der Waals surface area contributed by atoms with E-state index in [0.717, 1.165) is 28.9 Å². The van der Waals surface area contributed by atoms with Gasteiger partial charge in [0.2, 0.25) is 17.7 Å². The van der Waals surface area contributed by atoms with Gasteiger partial charge in [-0.25, -0.2) is 0 Å². The number of ether oxygens (including phenoxy) is 1. The first kappa shape index (κ1) is 31.7. The molecule has 0 aliphatic heterocycles. The molecule has 41 heavy (non-hydrogen) atoms. The predicted octanol–water partition coefficient (Wildman–Crippen LogP) is 4.69. The van der Waals surface area contributed by atoms with E-state index in [0.29, 0.717) is 31.4 Å². The van der Waals surface area contributed by atoms with E-state index in [1.807, 2.05) is 91.9 Å². The van der Waals surface area contributed by atoms with Crippen LogP contribution in [0, 0.1) is 0 Å². The molecule has 8 heteroatoms. The van der Waals surface area contributed by atoms with Gasteiger partial charge < -0.3 is 20.7 Å². The van der Waals surface area contributed by atoms with Crippen molar-refractivity contribution in [1.29, 1.82) is 0 Å². The molecule has 0 saturated heterocycles. The van der Waals surface area contributed by atoms with Crippen molar-refractivity contribution in [3.8, 4) is 5.75 Å². The molecule has 0 fully saturated rings. The Morgan fingerprint density at radius 3 is 1.93 bits per heavy atom. The minimum absolute atomic E-state index is 0.168. The highest BCUT2D eigenvalue weighted by atomic mass is 32.2. The Morgan fingerprint density at radius 2 is 1.34 bits per heavy atom. The van der Waals surface area contributed by atoms with Gasteiger partial charge in [0.25, 0.3) is 0 Å². The van der Waals surface area contributed by atoms with Gasteiger partial charge >= 0.3 is 0 Å². The zero-order valence-corrected chi connectivity index (χ0v) is 24.9. The number of carbonyl (C=O) groups is 3. The Bertz CT molecular complexity index is 1220. The van der Waals surface area contributed by atoms with Gasteiger partial charge in [0.05, 0.1) is 12.4 Å². The van der Waals surface area contributed by atoms with E-state index in [1.165, 1.54) is 0 Å². The van der Waals surface area contributed by atoms with Crippen LogP contribution in [0.3, 0.4) is 0 Å². The minimum atomic E-state index is -0.786. The van der Waals surface area contributed by atoms with Crippen LogP contribution in [0.1, 0.15) is 42.9 Å². The second-order valence-corrected chi connectivity index (χ2v) is 11.1. The zero-order chi connectivity index (χ0) is 29.5. The fraction of sp³-hybridized carbons (Fsp3) is 0.364. The summed E-state index contributed by atoms with van der Waals surface area (Å²) in [6.07, 6.45) is 2.90. The monoisotopic (exact) mass is 575 g/mol. The molecule has 3 rings (SSSR count). The molecule has 3 amide bonds. The summed E-state index contributed by atoms with van der Waals surface area (Å²) in [6, 6.07) is 25.7. The standard InChI is InChI=1S/C33H41N3O4S/c1-4-11-30(41-23-26-16-19-27(40-3)20-17-26)33(39)35-28(21-18-24-12-7-5-8-13-24)32(38)36-29(31(37)34-2)22-25-14-9-6-10-15-25/h5-10,12-17,19-20,28-30H,4,11,18,21-23H2,1-3H3,(H,34,37)(H,35,39)(H,36,38)/t28-,29-,30?/m0/s1. The van der Waals surface area contributed by atoms with Gasteiger partial charge in [-0.3, -0.25) is 14.4 Å². The van der Waals surface area contributed by atoms with Crippen molar-refractivity contribution in [2.24, 2.45) is 0 Å². The number of hydrogen-bond donors (Lipinski definition) is 3. The first-order valence-corrected chi connectivity index (χ1v) is 15.1. The molecule has 3 atom stereocenters. The van der Waals surface area contributed by atoms with Crippen LogP contribution in [-0.2, 0) is 33.0 Å². The molecule has 0 aromatic heterocycles. The number of thioether (sulfide) groups is 1. The number of amides is 3. The third kappa shape index (κ3) is 10.6. The summed E-state index contributed by atoms with van der Waals surface area (Å²) in [7, 11) is 3.19. The topological polar surface area (TPSA) is 96.5 Å².